The Morgan fingerprint density at radius 1 is 1.22 bits per heavy atom. The summed E-state index contributed by atoms with van der Waals surface area (Å²) in [4.78, 5) is 0. The Balaban J connectivity index is 2.63. The Bertz CT molecular complexity index is 362. The fraction of sp³-hybridized carbons (Fsp3) is 0.600. The highest BCUT2D eigenvalue weighted by molar-refractivity contribution is 5.37. The van der Waals surface area contributed by atoms with Gasteiger partial charge in [-0.2, -0.15) is 0 Å². The molecule has 2 N–H and O–H groups in total. The molecule has 0 amide bonds. The summed E-state index contributed by atoms with van der Waals surface area (Å²) in [5, 5.41) is 0. The van der Waals surface area contributed by atoms with Crippen molar-refractivity contribution in [2.75, 3.05) is 13.7 Å². The van der Waals surface area contributed by atoms with Crippen LogP contribution >= 0.6 is 0 Å². The SMILES string of the molecule is COc1ccc(C(C)N)cc1COCCC(C)C. The number of benzene rings is 1. The van der Waals surface area contributed by atoms with Gasteiger partial charge in [-0.05, 0) is 37.0 Å². The van der Waals surface area contributed by atoms with Crippen LogP contribution < -0.4 is 10.5 Å². The summed E-state index contributed by atoms with van der Waals surface area (Å²) >= 11 is 0. The van der Waals surface area contributed by atoms with Gasteiger partial charge in [0.2, 0.25) is 0 Å². The minimum Gasteiger partial charge on any atom is -0.496 e. The fourth-order valence-electron chi connectivity index (χ4n) is 1.70. The summed E-state index contributed by atoms with van der Waals surface area (Å²) in [6, 6.07) is 6.06. The van der Waals surface area contributed by atoms with Gasteiger partial charge in [0.05, 0.1) is 13.7 Å². The van der Waals surface area contributed by atoms with E-state index in [2.05, 4.69) is 19.9 Å². The molecule has 0 spiro atoms. The van der Waals surface area contributed by atoms with Crippen LogP contribution in [0, 0.1) is 5.92 Å². The average Bonchev–Trinajstić information content (AvgIpc) is 2.34. The summed E-state index contributed by atoms with van der Waals surface area (Å²) in [6.07, 6.45) is 1.08. The molecule has 0 heterocycles. The standard InChI is InChI=1S/C15H25NO2/c1-11(2)7-8-18-10-14-9-13(12(3)16)5-6-15(14)17-4/h5-6,9,11-12H,7-8,10,16H2,1-4H3. The molecule has 0 saturated heterocycles. The number of hydrogen-bond acceptors (Lipinski definition) is 3. The van der Waals surface area contributed by atoms with Crippen molar-refractivity contribution in [1.29, 1.82) is 0 Å². The highest BCUT2D eigenvalue weighted by Gasteiger charge is 2.07. The fourth-order valence-corrected chi connectivity index (χ4v) is 1.70. The third-order valence-electron chi connectivity index (χ3n) is 2.93. The first-order chi connectivity index (χ1) is 8.54. The molecule has 1 aromatic rings. The van der Waals surface area contributed by atoms with Gasteiger partial charge in [-0.3, -0.25) is 0 Å². The van der Waals surface area contributed by atoms with Crippen LogP contribution in [0.5, 0.6) is 5.75 Å². The topological polar surface area (TPSA) is 44.5 Å². The van der Waals surface area contributed by atoms with Crippen LogP contribution in [-0.2, 0) is 11.3 Å². The maximum absolute atomic E-state index is 5.89. The van der Waals surface area contributed by atoms with Crippen LogP contribution in [-0.4, -0.2) is 13.7 Å². The van der Waals surface area contributed by atoms with E-state index in [1.807, 2.05) is 19.1 Å². The van der Waals surface area contributed by atoms with Gasteiger partial charge in [-0.25, -0.2) is 0 Å². The van der Waals surface area contributed by atoms with Crippen molar-refractivity contribution in [3.63, 3.8) is 0 Å². The van der Waals surface area contributed by atoms with Crippen LogP contribution in [0.1, 0.15) is 44.4 Å². The Labute approximate surface area is 110 Å². The van der Waals surface area contributed by atoms with E-state index in [9.17, 15) is 0 Å². The highest BCUT2D eigenvalue weighted by Crippen LogP contribution is 2.23. The minimum absolute atomic E-state index is 0.0327. The molecule has 0 saturated carbocycles. The van der Waals surface area contributed by atoms with Crippen molar-refractivity contribution in [3.8, 4) is 5.75 Å². The second-order valence-electron chi connectivity index (χ2n) is 5.10. The van der Waals surface area contributed by atoms with E-state index in [1.165, 1.54) is 0 Å². The monoisotopic (exact) mass is 251 g/mol. The van der Waals surface area contributed by atoms with Crippen molar-refractivity contribution >= 4 is 0 Å². The van der Waals surface area contributed by atoms with Gasteiger partial charge in [0, 0.05) is 18.2 Å². The van der Waals surface area contributed by atoms with Crippen molar-refractivity contribution in [1.82, 2.24) is 0 Å². The number of ether oxygens (including phenoxy) is 2. The molecule has 18 heavy (non-hydrogen) atoms. The number of nitrogens with two attached hydrogens (primary N) is 1. The molecule has 102 valence electrons. The van der Waals surface area contributed by atoms with E-state index < -0.39 is 0 Å². The van der Waals surface area contributed by atoms with Gasteiger partial charge in [0.25, 0.3) is 0 Å². The number of hydrogen-bond donors (Lipinski definition) is 1. The summed E-state index contributed by atoms with van der Waals surface area (Å²) in [5.41, 5.74) is 8.06. The van der Waals surface area contributed by atoms with Gasteiger partial charge in [0.1, 0.15) is 5.75 Å². The lowest BCUT2D eigenvalue weighted by Crippen LogP contribution is -2.07. The minimum atomic E-state index is 0.0327. The number of rotatable bonds is 7. The summed E-state index contributed by atoms with van der Waals surface area (Å²) in [7, 11) is 1.68. The molecule has 1 atom stereocenters. The molecule has 0 aliphatic rings. The molecule has 1 unspecified atom stereocenters. The van der Waals surface area contributed by atoms with Crippen LogP contribution in [0.4, 0.5) is 0 Å². The Morgan fingerprint density at radius 2 is 1.94 bits per heavy atom. The van der Waals surface area contributed by atoms with Crippen LogP contribution in [0.25, 0.3) is 0 Å². The van der Waals surface area contributed by atoms with Crippen LogP contribution in [0.2, 0.25) is 0 Å². The number of methoxy groups -OCH3 is 1. The molecule has 0 aliphatic carbocycles. The molecule has 0 fully saturated rings. The van der Waals surface area contributed by atoms with Gasteiger partial charge in [-0.15, -0.1) is 0 Å². The first-order valence-electron chi connectivity index (χ1n) is 6.54. The van der Waals surface area contributed by atoms with Crippen LogP contribution in [0.15, 0.2) is 18.2 Å². The molecular formula is C15H25NO2. The summed E-state index contributed by atoms with van der Waals surface area (Å²) < 4.78 is 11.0. The molecule has 1 aromatic carbocycles. The molecule has 0 radical (unpaired) electrons. The second kappa shape index (κ2) is 7.39. The van der Waals surface area contributed by atoms with Crippen molar-refractivity contribution in [2.45, 2.75) is 39.8 Å². The average molecular weight is 251 g/mol. The maximum atomic E-state index is 5.89. The zero-order valence-electron chi connectivity index (χ0n) is 11.9. The van der Waals surface area contributed by atoms with Gasteiger partial charge in [0.15, 0.2) is 0 Å². The predicted molar refractivity (Wildman–Crippen MR) is 74.7 cm³/mol. The predicted octanol–water partition coefficient (Wildman–Crippen LogP) is 3.28. The summed E-state index contributed by atoms with van der Waals surface area (Å²) in [6.45, 7) is 7.73. The van der Waals surface area contributed by atoms with E-state index in [-0.39, 0.29) is 6.04 Å². The van der Waals surface area contributed by atoms with E-state index in [4.69, 9.17) is 15.2 Å². The smallest absolute Gasteiger partial charge is 0.124 e. The second-order valence-corrected chi connectivity index (χ2v) is 5.10. The zero-order chi connectivity index (χ0) is 13.5. The Morgan fingerprint density at radius 3 is 2.50 bits per heavy atom. The first kappa shape index (κ1) is 15.0. The lowest BCUT2D eigenvalue weighted by atomic mass is 10.1. The first-order valence-corrected chi connectivity index (χ1v) is 6.54. The molecule has 0 bridgehead atoms. The summed E-state index contributed by atoms with van der Waals surface area (Å²) in [5.74, 6) is 1.53. The third kappa shape index (κ3) is 4.67. The third-order valence-corrected chi connectivity index (χ3v) is 2.93. The Kier molecular flexibility index (Phi) is 6.16. The molecule has 3 nitrogen and oxygen atoms in total. The molecular weight excluding hydrogens is 226 g/mol. The Hall–Kier alpha value is -1.06. The van der Waals surface area contributed by atoms with Crippen molar-refractivity contribution < 1.29 is 9.47 Å². The quantitative estimate of drug-likeness (QED) is 0.756. The van der Waals surface area contributed by atoms with Crippen molar-refractivity contribution in [3.05, 3.63) is 29.3 Å². The lowest BCUT2D eigenvalue weighted by molar-refractivity contribution is 0.109. The highest BCUT2D eigenvalue weighted by atomic mass is 16.5. The lowest BCUT2D eigenvalue weighted by Gasteiger charge is -2.13. The van der Waals surface area contributed by atoms with E-state index in [0.717, 1.165) is 29.9 Å². The largest absolute Gasteiger partial charge is 0.496 e. The zero-order valence-corrected chi connectivity index (χ0v) is 11.9. The van der Waals surface area contributed by atoms with E-state index >= 15 is 0 Å². The molecule has 1 rings (SSSR count). The van der Waals surface area contributed by atoms with Gasteiger partial charge in [-0.1, -0.05) is 19.9 Å². The van der Waals surface area contributed by atoms with Crippen molar-refractivity contribution in [2.24, 2.45) is 11.7 Å². The molecule has 0 aromatic heterocycles. The van der Waals surface area contributed by atoms with Gasteiger partial charge < -0.3 is 15.2 Å². The van der Waals surface area contributed by atoms with E-state index in [1.54, 1.807) is 7.11 Å². The van der Waals surface area contributed by atoms with Gasteiger partial charge >= 0.3 is 0 Å². The normalized spacial score (nSPS) is 12.8. The maximum Gasteiger partial charge on any atom is 0.124 e. The molecule has 0 aliphatic heterocycles. The van der Waals surface area contributed by atoms with Crippen LogP contribution in [0.3, 0.4) is 0 Å². The molecule has 3 heteroatoms. The van der Waals surface area contributed by atoms with E-state index in [0.29, 0.717) is 12.5 Å².